The minimum atomic E-state index is -0.463. The average Bonchev–Trinajstić information content (AvgIpc) is 2.83. The molecule has 1 aliphatic carbocycles. The van der Waals surface area contributed by atoms with E-state index in [0.29, 0.717) is 5.56 Å². The third-order valence-corrected chi connectivity index (χ3v) is 6.11. The molecule has 8 heteroatoms. The molecule has 33 heavy (non-hydrogen) atoms. The maximum absolute atomic E-state index is 12.3. The number of hydrogen-bond acceptors (Lipinski definition) is 5. The Morgan fingerprint density at radius 1 is 1.09 bits per heavy atom. The number of carbonyl (C=O) groups is 1. The van der Waals surface area contributed by atoms with Gasteiger partial charge in [0.05, 0.1) is 5.56 Å². The van der Waals surface area contributed by atoms with Crippen LogP contribution in [0.25, 0.3) is 11.1 Å². The minimum Gasteiger partial charge on any atom is -0.367 e. The summed E-state index contributed by atoms with van der Waals surface area (Å²) in [6.45, 7) is 0. The van der Waals surface area contributed by atoms with Gasteiger partial charge in [0, 0.05) is 43.3 Å². The number of pyridine rings is 2. The van der Waals surface area contributed by atoms with Crippen molar-refractivity contribution in [2.24, 2.45) is 12.8 Å². The molecule has 3 N–H and O–H groups in total. The number of primary amides is 1. The van der Waals surface area contributed by atoms with Gasteiger partial charge in [-0.25, -0.2) is 9.78 Å². The van der Waals surface area contributed by atoms with Gasteiger partial charge in [0.2, 0.25) is 5.56 Å². The lowest BCUT2D eigenvalue weighted by Crippen LogP contribution is -2.46. The van der Waals surface area contributed by atoms with E-state index in [1.54, 1.807) is 47.1 Å². The highest BCUT2D eigenvalue weighted by atomic mass is 16.2. The number of aromatic nitrogens is 2. The zero-order valence-electron chi connectivity index (χ0n) is 18.4. The summed E-state index contributed by atoms with van der Waals surface area (Å²) in [6.07, 6.45) is 6.75. The number of anilines is 2. The maximum Gasteiger partial charge on any atom is 0.319 e. The van der Waals surface area contributed by atoms with Crippen molar-refractivity contribution in [3.8, 4) is 17.2 Å². The largest absolute Gasteiger partial charge is 0.367 e. The Hall–Kier alpha value is -4.12. The summed E-state index contributed by atoms with van der Waals surface area (Å²) in [7, 11) is 1.72. The summed E-state index contributed by atoms with van der Waals surface area (Å²) in [4.78, 5) is 29.9. The fourth-order valence-electron chi connectivity index (χ4n) is 4.33. The first-order valence-electron chi connectivity index (χ1n) is 10.9. The number of nitrogens with zero attached hydrogens (tertiary/aromatic N) is 4. The van der Waals surface area contributed by atoms with Crippen molar-refractivity contribution in [1.29, 1.82) is 5.26 Å². The van der Waals surface area contributed by atoms with E-state index in [0.717, 1.165) is 48.3 Å². The van der Waals surface area contributed by atoms with Crippen LogP contribution in [0.4, 0.5) is 16.3 Å². The quantitative estimate of drug-likeness (QED) is 0.626. The fraction of sp³-hybridized carbons (Fsp3) is 0.280. The van der Waals surface area contributed by atoms with Crippen LogP contribution in [0.5, 0.6) is 0 Å². The smallest absolute Gasteiger partial charge is 0.319 e. The number of nitriles is 1. The van der Waals surface area contributed by atoms with Crippen LogP contribution in [0.2, 0.25) is 0 Å². The van der Waals surface area contributed by atoms with Crippen molar-refractivity contribution < 1.29 is 4.79 Å². The van der Waals surface area contributed by atoms with Gasteiger partial charge in [0.25, 0.3) is 0 Å². The van der Waals surface area contributed by atoms with Crippen LogP contribution in [-0.2, 0) is 7.05 Å². The van der Waals surface area contributed by atoms with Gasteiger partial charge < -0.3 is 15.6 Å². The molecule has 1 saturated carbocycles. The number of rotatable bonds is 5. The van der Waals surface area contributed by atoms with Gasteiger partial charge in [-0.05, 0) is 67.1 Å². The van der Waals surface area contributed by atoms with Crippen molar-refractivity contribution in [2.45, 2.75) is 37.8 Å². The standard InChI is InChI=1S/C25H26N6O2/c1-30-16-19(5-13-24(30)32)18-3-8-21(9-4-18)31(25(27)33)22-10-6-20(7-11-22)29-23-12-2-17(14-26)15-28-23/h2-5,8-9,12-13,15-16,20,22H,6-7,10-11H2,1H3,(H2,27,33)(H,28,29). The van der Waals surface area contributed by atoms with E-state index in [2.05, 4.69) is 16.4 Å². The lowest BCUT2D eigenvalue weighted by atomic mass is 9.89. The molecule has 0 radical (unpaired) electrons. The van der Waals surface area contributed by atoms with E-state index in [4.69, 9.17) is 11.0 Å². The lowest BCUT2D eigenvalue weighted by Gasteiger charge is -2.36. The van der Waals surface area contributed by atoms with Crippen LogP contribution in [-0.4, -0.2) is 27.7 Å². The van der Waals surface area contributed by atoms with E-state index < -0.39 is 6.03 Å². The summed E-state index contributed by atoms with van der Waals surface area (Å²) >= 11 is 0. The molecule has 0 aliphatic heterocycles. The molecule has 3 aromatic rings. The Kier molecular flexibility index (Phi) is 6.41. The molecule has 1 aliphatic rings. The second kappa shape index (κ2) is 9.57. The summed E-state index contributed by atoms with van der Waals surface area (Å²) < 4.78 is 1.54. The number of urea groups is 1. The van der Waals surface area contributed by atoms with Gasteiger partial charge >= 0.3 is 6.03 Å². The van der Waals surface area contributed by atoms with Crippen LogP contribution >= 0.6 is 0 Å². The first kappa shape index (κ1) is 22.1. The number of amides is 2. The van der Waals surface area contributed by atoms with E-state index >= 15 is 0 Å². The van der Waals surface area contributed by atoms with Gasteiger partial charge in [0.1, 0.15) is 11.9 Å². The zero-order chi connectivity index (χ0) is 23.4. The molecule has 1 aromatic carbocycles. The first-order valence-corrected chi connectivity index (χ1v) is 10.9. The van der Waals surface area contributed by atoms with Gasteiger partial charge in [-0.2, -0.15) is 5.26 Å². The Morgan fingerprint density at radius 3 is 2.36 bits per heavy atom. The number of hydrogen-bond donors (Lipinski definition) is 2. The Morgan fingerprint density at radius 2 is 1.79 bits per heavy atom. The van der Waals surface area contributed by atoms with Crippen LogP contribution in [0.15, 0.2) is 65.7 Å². The molecule has 0 unspecified atom stereocenters. The number of carbonyl (C=O) groups excluding carboxylic acids is 1. The normalized spacial score (nSPS) is 17.7. The monoisotopic (exact) mass is 442 g/mol. The molecule has 2 aromatic heterocycles. The average molecular weight is 443 g/mol. The summed E-state index contributed by atoms with van der Waals surface area (Å²) in [5.74, 6) is 0.748. The van der Waals surface area contributed by atoms with E-state index in [1.165, 1.54) is 0 Å². The Bertz CT molecular complexity index is 1220. The number of nitrogens with two attached hydrogens (primary N) is 1. The topological polar surface area (TPSA) is 117 Å². The lowest BCUT2D eigenvalue weighted by molar-refractivity contribution is 0.248. The molecule has 0 atom stereocenters. The van der Waals surface area contributed by atoms with Crippen molar-refractivity contribution >= 4 is 17.5 Å². The summed E-state index contributed by atoms with van der Waals surface area (Å²) in [6, 6.07) is 16.4. The number of benzene rings is 1. The van der Waals surface area contributed by atoms with Crippen molar-refractivity contribution in [3.63, 3.8) is 0 Å². The van der Waals surface area contributed by atoms with Gasteiger partial charge in [-0.15, -0.1) is 0 Å². The molecule has 8 nitrogen and oxygen atoms in total. The second-order valence-corrected chi connectivity index (χ2v) is 8.32. The van der Waals surface area contributed by atoms with Crippen molar-refractivity contribution in [3.05, 3.63) is 76.8 Å². The van der Waals surface area contributed by atoms with E-state index in [9.17, 15) is 9.59 Å². The van der Waals surface area contributed by atoms with Gasteiger partial charge in [-0.3, -0.25) is 9.69 Å². The van der Waals surface area contributed by atoms with Gasteiger partial charge in [0.15, 0.2) is 0 Å². The summed E-state index contributed by atoms with van der Waals surface area (Å²) in [5, 5.41) is 12.3. The molecule has 168 valence electrons. The molecule has 2 heterocycles. The molecule has 2 amide bonds. The van der Waals surface area contributed by atoms with Crippen LogP contribution in [0.3, 0.4) is 0 Å². The minimum absolute atomic E-state index is 0.0258. The predicted molar refractivity (Wildman–Crippen MR) is 128 cm³/mol. The third kappa shape index (κ3) is 5.04. The summed E-state index contributed by atoms with van der Waals surface area (Å²) in [5.41, 5.74) is 8.89. The second-order valence-electron chi connectivity index (χ2n) is 8.32. The zero-order valence-corrected chi connectivity index (χ0v) is 18.4. The third-order valence-electron chi connectivity index (χ3n) is 6.11. The highest BCUT2D eigenvalue weighted by molar-refractivity contribution is 5.91. The van der Waals surface area contributed by atoms with E-state index in [-0.39, 0.29) is 17.6 Å². The Balaban J connectivity index is 1.42. The SMILES string of the molecule is Cn1cc(-c2ccc(N(C(N)=O)C3CCC(Nc4ccc(C#N)cn4)CC3)cc2)ccc1=O. The van der Waals surface area contributed by atoms with Crippen molar-refractivity contribution in [1.82, 2.24) is 9.55 Å². The highest BCUT2D eigenvalue weighted by Crippen LogP contribution is 2.30. The molecule has 0 saturated heterocycles. The predicted octanol–water partition coefficient (Wildman–Crippen LogP) is 3.63. The van der Waals surface area contributed by atoms with Crippen molar-refractivity contribution in [2.75, 3.05) is 10.2 Å². The first-order chi connectivity index (χ1) is 15.9. The van der Waals surface area contributed by atoms with Crippen LogP contribution < -0.4 is 21.5 Å². The van der Waals surface area contributed by atoms with Crippen LogP contribution in [0, 0.1) is 11.3 Å². The molecule has 4 rings (SSSR count). The molecular weight excluding hydrogens is 416 g/mol. The number of aryl methyl sites for hydroxylation is 1. The van der Waals surface area contributed by atoms with E-state index in [1.807, 2.05) is 30.3 Å². The maximum atomic E-state index is 12.3. The molecule has 1 fully saturated rings. The van der Waals surface area contributed by atoms with Crippen LogP contribution in [0.1, 0.15) is 31.2 Å². The molecule has 0 spiro atoms. The Labute approximate surface area is 192 Å². The van der Waals surface area contributed by atoms with Gasteiger partial charge in [-0.1, -0.05) is 12.1 Å². The highest BCUT2D eigenvalue weighted by Gasteiger charge is 2.29. The number of nitrogens with one attached hydrogen (secondary N) is 1. The molecule has 0 bridgehead atoms. The fourth-order valence-corrected chi connectivity index (χ4v) is 4.33. The molecular formula is C25H26N6O2.